The summed E-state index contributed by atoms with van der Waals surface area (Å²) < 4.78 is 5.14. The molecule has 1 fully saturated rings. The molecule has 3 rings (SSSR count). The molecule has 1 aromatic heterocycles. The fraction of sp³-hybridized carbons (Fsp3) is 0.444. The van der Waals surface area contributed by atoms with E-state index in [0.717, 1.165) is 25.3 Å². The third-order valence-electron chi connectivity index (χ3n) is 4.41. The van der Waals surface area contributed by atoms with Crippen LogP contribution in [-0.4, -0.2) is 34.8 Å². The van der Waals surface area contributed by atoms with Crippen LogP contribution in [0, 0.1) is 20.8 Å². The Kier molecular flexibility index (Phi) is 4.76. The van der Waals surface area contributed by atoms with Gasteiger partial charge in [0.2, 0.25) is 0 Å². The molecule has 0 N–H and O–H groups in total. The minimum absolute atomic E-state index is 0.0484. The summed E-state index contributed by atoms with van der Waals surface area (Å²) in [6, 6.07) is 8.54. The average Bonchev–Trinajstić information content (AvgIpc) is 2.75. The number of rotatable bonds is 2. The fourth-order valence-electron chi connectivity index (χ4n) is 3.12. The molecule has 0 saturated carbocycles. The summed E-state index contributed by atoms with van der Waals surface area (Å²) in [5, 5.41) is 4.36. The molecule has 1 amide bonds. The molecule has 0 unspecified atom stereocenters. The smallest absolute Gasteiger partial charge is 0.259 e. The average molecular weight is 330 g/mol. The van der Waals surface area contributed by atoms with Gasteiger partial charge in [0.25, 0.3) is 5.91 Å². The molecule has 0 bridgehead atoms. The molecule has 0 radical (unpaired) electrons. The van der Waals surface area contributed by atoms with Gasteiger partial charge in [0, 0.05) is 24.1 Å². The maximum Gasteiger partial charge on any atom is 0.259 e. The van der Waals surface area contributed by atoms with Gasteiger partial charge in [0.1, 0.15) is 11.3 Å². The first-order valence-electron chi connectivity index (χ1n) is 7.97. The molecule has 23 heavy (non-hydrogen) atoms. The second-order valence-corrected chi connectivity index (χ2v) is 7.31. The van der Waals surface area contributed by atoms with Crippen LogP contribution < -0.4 is 0 Å². The summed E-state index contributed by atoms with van der Waals surface area (Å²) in [5.74, 6) is 1.61. The van der Waals surface area contributed by atoms with E-state index in [1.54, 1.807) is 6.92 Å². The number of benzene rings is 1. The molecule has 1 aliphatic heterocycles. The number of aromatic nitrogens is 1. The molecule has 1 atom stereocenters. The van der Waals surface area contributed by atoms with Crippen LogP contribution in [0.4, 0.5) is 0 Å². The number of hydrogen-bond donors (Lipinski definition) is 0. The van der Waals surface area contributed by atoms with Crippen LogP contribution in [0.15, 0.2) is 28.8 Å². The van der Waals surface area contributed by atoms with Gasteiger partial charge in [0.05, 0.1) is 5.69 Å². The second kappa shape index (κ2) is 6.79. The van der Waals surface area contributed by atoms with E-state index in [9.17, 15) is 4.79 Å². The number of hydrogen-bond acceptors (Lipinski definition) is 4. The van der Waals surface area contributed by atoms with Gasteiger partial charge in [-0.1, -0.05) is 29.4 Å². The van der Waals surface area contributed by atoms with Gasteiger partial charge in [-0.3, -0.25) is 4.79 Å². The standard InChI is InChI=1S/C18H22N2O2S/c1-12-6-4-5-7-15(12)16-8-9-20(10-11-23-16)18(21)17-13(2)19-22-14(17)3/h4-7,16H,8-11H2,1-3H3/t16-/m0/s1. The molecule has 1 aromatic carbocycles. The molecule has 2 aromatic rings. The quantitative estimate of drug-likeness (QED) is 0.837. The molecule has 0 spiro atoms. The van der Waals surface area contributed by atoms with E-state index >= 15 is 0 Å². The summed E-state index contributed by atoms with van der Waals surface area (Å²) in [6.07, 6.45) is 0.977. The number of carbonyl (C=O) groups excluding carboxylic acids is 1. The highest BCUT2D eigenvalue weighted by atomic mass is 32.2. The van der Waals surface area contributed by atoms with Crippen molar-refractivity contribution in [3.05, 3.63) is 52.4 Å². The van der Waals surface area contributed by atoms with Gasteiger partial charge in [-0.25, -0.2) is 0 Å². The number of thioether (sulfide) groups is 1. The number of carbonyl (C=O) groups is 1. The first-order chi connectivity index (χ1) is 11.1. The highest BCUT2D eigenvalue weighted by Crippen LogP contribution is 2.36. The SMILES string of the molecule is Cc1ccccc1[C@@H]1CCN(C(=O)c2c(C)noc2C)CCS1. The molecule has 122 valence electrons. The Bertz CT molecular complexity index is 691. The van der Waals surface area contributed by atoms with E-state index in [-0.39, 0.29) is 5.91 Å². The van der Waals surface area contributed by atoms with Crippen molar-refractivity contribution in [3.8, 4) is 0 Å². The van der Waals surface area contributed by atoms with Crippen LogP contribution in [0.25, 0.3) is 0 Å². The molecular formula is C18H22N2O2S. The molecule has 1 saturated heterocycles. The molecule has 4 nitrogen and oxygen atoms in total. The first-order valence-corrected chi connectivity index (χ1v) is 9.02. The highest BCUT2D eigenvalue weighted by molar-refractivity contribution is 7.99. The predicted octanol–water partition coefficient (Wildman–Crippen LogP) is 3.92. The highest BCUT2D eigenvalue weighted by Gasteiger charge is 2.27. The third kappa shape index (κ3) is 3.29. The van der Waals surface area contributed by atoms with E-state index < -0.39 is 0 Å². The summed E-state index contributed by atoms with van der Waals surface area (Å²) in [4.78, 5) is 14.7. The third-order valence-corrected chi connectivity index (χ3v) is 5.72. The Hall–Kier alpha value is -1.75. The minimum atomic E-state index is 0.0484. The van der Waals surface area contributed by atoms with Crippen molar-refractivity contribution in [2.24, 2.45) is 0 Å². The van der Waals surface area contributed by atoms with Gasteiger partial charge in [-0.2, -0.15) is 11.8 Å². The van der Waals surface area contributed by atoms with Gasteiger partial charge >= 0.3 is 0 Å². The van der Waals surface area contributed by atoms with Crippen molar-refractivity contribution >= 4 is 17.7 Å². The van der Waals surface area contributed by atoms with Crippen LogP contribution in [0.5, 0.6) is 0 Å². The Labute approximate surface area is 141 Å². The first kappa shape index (κ1) is 16.1. The lowest BCUT2D eigenvalue weighted by molar-refractivity contribution is 0.0764. The molecule has 5 heteroatoms. The van der Waals surface area contributed by atoms with Crippen molar-refractivity contribution in [1.29, 1.82) is 0 Å². The second-order valence-electron chi connectivity index (χ2n) is 6.00. The fourth-order valence-corrected chi connectivity index (χ4v) is 4.44. The van der Waals surface area contributed by atoms with E-state index in [1.165, 1.54) is 11.1 Å². The van der Waals surface area contributed by atoms with Crippen molar-refractivity contribution in [3.63, 3.8) is 0 Å². The summed E-state index contributed by atoms with van der Waals surface area (Å²) in [5.41, 5.74) is 4.03. The lowest BCUT2D eigenvalue weighted by atomic mass is 10.0. The normalized spacial score (nSPS) is 18.7. The molecule has 2 heterocycles. The van der Waals surface area contributed by atoms with Crippen LogP contribution in [0.1, 0.15) is 44.6 Å². The van der Waals surface area contributed by atoms with E-state index in [1.807, 2.05) is 23.6 Å². The van der Waals surface area contributed by atoms with Crippen LogP contribution >= 0.6 is 11.8 Å². The van der Waals surface area contributed by atoms with Gasteiger partial charge in [0.15, 0.2) is 0 Å². The van der Waals surface area contributed by atoms with Crippen LogP contribution in [0.2, 0.25) is 0 Å². The van der Waals surface area contributed by atoms with Crippen LogP contribution in [-0.2, 0) is 0 Å². The Balaban J connectivity index is 1.74. The monoisotopic (exact) mass is 330 g/mol. The Morgan fingerprint density at radius 2 is 2.04 bits per heavy atom. The topological polar surface area (TPSA) is 46.3 Å². The zero-order valence-electron chi connectivity index (χ0n) is 13.8. The summed E-state index contributed by atoms with van der Waals surface area (Å²) >= 11 is 1.95. The molecule has 0 aliphatic carbocycles. The lowest BCUT2D eigenvalue weighted by Crippen LogP contribution is -2.33. The van der Waals surface area contributed by atoms with E-state index in [2.05, 4.69) is 36.3 Å². The molecule has 1 aliphatic rings. The van der Waals surface area contributed by atoms with Gasteiger partial charge < -0.3 is 9.42 Å². The largest absolute Gasteiger partial charge is 0.361 e. The van der Waals surface area contributed by atoms with Crippen molar-refractivity contribution < 1.29 is 9.32 Å². The minimum Gasteiger partial charge on any atom is -0.361 e. The zero-order chi connectivity index (χ0) is 16.4. The Morgan fingerprint density at radius 1 is 1.26 bits per heavy atom. The van der Waals surface area contributed by atoms with E-state index in [0.29, 0.717) is 22.3 Å². The maximum atomic E-state index is 12.8. The molecular weight excluding hydrogens is 308 g/mol. The van der Waals surface area contributed by atoms with Crippen molar-refractivity contribution in [1.82, 2.24) is 10.1 Å². The Morgan fingerprint density at radius 3 is 2.74 bits per heavy atom. The van der Waals surface area contributed by atoms with Crippen LogP contribution in [0.3, 0.4) is 0 Å². The zero-order valence-corrected chi connectivity index (χ0v) is 14.7. The summed E-state index contributed by atoms with van der Waals surface area (Å²) in [7, 11) is 0. The van der Waals surface area contributed by atoms with Gasteiger partial charge in [-0.15, -0.1) is 0 Å². The summed E-state index contributed by atoms with van der Waals surface area (Å²) in [6.45, 7) is 7.33. The number of nitrogens with zero attached hydrogens (tertiary/aromatic N) is 2. The van der Waals surface area contributed by atoms with E-state index in [4.69, 9.17) is 4.52 Å². The van der Waals surface area contributed by atoms with Gasteiger partial charge in [-0.05, 0) is 38.3 Å². The maximum absolute atomic E-state index is 12.8. The lowest BCUT2D eigenvalue weighted by Gasteiger charge is -2.20. The van der Waals surface area contributed by atoms with Crippen molar-refractivity contribution in [2.75, 3.05) is 18.8 Å². The number of amides is 1. The predicted molar refractivity (Wildman–Crippen MR) is 92.9 cm³/mol. The number of aryl methyl sites for hydroxylation is 3. The van der Waals surface area contributed by atoms with Crippen molar-refractivity contribution in [2.45, 2.75) is 32.4 Å².